The Kier molecular flexibility index (Phi) is 2.79. The summed E-state index contributed by atoms with van der Waals surface area (Å²) in [5, 5.41) is 7.73. The minimum absolute atomic E-state index is 0.301. The highest BCUT2D eigenvalue weighted by atomic mass is 79.9. The maximum absolute atomic E-state index is 12.8. The van der Waals surface area contributed by atoms with Crippen LogP contribution in [0.15, 0.2) is 28.9 Å². The van der Waals surface area contributed by atoms with Crippen LogP contribution in [0.3, 0.4) is 0 Å². The van der Waals surface area contributed by atoms with E-state index >= 15 is 0 Å². The van der Waals surface area contributed by atoms with Gasteiger partial charge in [-0.25, -0.2) is 9.07 Å². The minimum atomic E-state index is -0.301. The number of hydrogen-bond donors (Lipinski definition) is 1. The van der Waals surface area contributed by atoms with Gasteiger partial charge in [0.05, 0.1) is 17.6 Å². The fourth-order valence-electron chi connectivity index (χ4n) is 1.18. The third kappa shape index (κ3) is 2.05. The number of benzene rings is 1. The van der Waals surface area contributed by atoms with E-state index in [9.17, 15) is 4.39 Å². The number of aromatic nitrogens is 3. The topological polar surface area (TPSA) is 56.7 Å². The largest absolute Gasteiger partial charge is 0.325 e. The van der Waals surface area contributed by atoms with Crippen molar-refractivity contribution in [1.29, 1.82) is 0 Å². The fraction of sp³-hybridized carbons (Fsp3) is 0.111. The quantitative estimate of drug-likeness (QED) is 0.903. The summed E-state index contributed by atoms with van der Waals surface area (Å²) < 4.78 is 15.0. The van der Waals surface area contributed by atoms with Gasteiger partial charge < -0.3 is 5.73 Å². The molecule has 0 fully saturated rings. The predicted molar refractivity (Wildman–Crippen MR) is 56.9 cm³/mol. The van der Waals surface area contributed by atoms with Crippen molar-refractivity contribution in [3.63, 3.8) is 0 Å². The van der Waals surface area contributed by atoms with Gasteiger partial charge in [0, 0.05) is 11.0 Å². The molecule has 0 unspecified atom stereocenters. The average molecular weight is 271 g/mol. The van der Waals surface area contributed by atoms with Crippen molar-refractivity contribution in [3.8, 4) is 5.69 Å². The third-order valence-electron chi connectivity index (χ3n) is 1.91. The van der Waals surface area contributed by atoms with E-state index in [2.05, 4.69) is 26.2 Å². The molecule has 1 aromatic carbocycles. The van der Waals surface area contributed by atoms with Gasteiger partial charge in [-0.2, -0.15) is 0 Å². The highest BCUT2D eigenvalue weighted by Crippen LogP contribution is 2.21. The Morgan fingerprint density at radius 2 is 2.27 bits per heavy atom. The Hall–Kier alpha value is -1.27. The first-order chi connectivity index (χ1) is 7.20. The highest BCUT2D eigenvalue weighted by molar-refractivity contribution is 9.10. The molecule has 0 aliphatic carbocycles. The summed E-state index contributed by atoms with van der Waals surface area (Å²) in [5.74, 6) is -0.301. The normalized spacial score (nSPS) is 10.6. The molecular weight excluding hydrogens is 263 g/mol. The van der Waals surface area contributed by atoms with E-state index in [1.807, 2.05) is 0 Å². The summed E-state index contributed by atoms with van der Waals surface area (Å²) in [4.78, 5) is 0. The first kappa shape index (κ1) is 10.3. The number of halogens is 2. The third-order valence-corrected chi connectivity index (χ3v) is 2.54. The van der Waals surface area contributed by atoms with E-state index in [1.165, 1.54) is 12.1 Å². The van der Waals surface area contributed by atoms with E-state index < -0.39 is 0 Å². The molecule has 1 heterocycles. The van der Waals surface area contributed by atoms with Gasteiger partial charge in [0.15, 0.2) is 0 Å². The molecule has 0 atom stereocenters. The summed E-state index contributed by atoms with van der Waals surface area (Å²) in [6.45, 7) is 0.332. The first-order valence-electron chi connectivity index (χ1n) is 4.27. The van der Waals surface area contributed by atoms with E-state index in [0.717, 1.165) is 5.69 Å². The molecule has 0 aliphatic rings. The zero-order valence-corrected chi connectivity index (χ0v) is 9.28. The van der Waals surface area contributed by atoms with Crippen molar-refractivity contribution in [1.82, 2.24) is 15.0 Å². The zero-order valence-electron chi connectivity index (χ0n) is 7.69. The van der Waals surface area contributed by atoms with Crippen LogP contribution in [0.25, 0.3) is 5.69 Å². The second-order valence-electron chi connectivity index (χ2n) is 2.95. The van der Waals surface area contributed by atoms with Crippen LogP contribution < -0.4 is 5.73 Å². The second-order valence-corrected chi connectivity index (χ2v) is 3.81. The highest BCUT2D eigenvalue weighted by Gasteiger charge is 2.06. The van der Waals surface area contributed by atoms with Crippen molar-refractivity contribution in [2.24, 2.45) is 5.73 Å². The van der Waals surface area contributed by atoms with Crippen molar-refractivity contribution in [2.75, 3.05) is 0 Å². The van der Waals surface area contributed by atoms with E-state index in [1.54, 1.807) is 16.9 Å². The number of nitrogens with two attached hydrogens (primary N) is 1. The number of nitrogens with zero attached hydrogens (tertiary/aromatic N) is 3. The van der Waals surface area contributed by atoms with Crippen LogP contribution >= 0.6 is 15.9 Å². The molecular formula is C9H8BrFN4. The number of hydrogen-bond acceptors (Lipinski definition) is 3. The van der Waals surface area contributed by atoms with Gasteiger partial charge in [-0.3, -0.25) is 0 Å². The molecule has 0 radical (unpaired) electrons. The van der Waals surface area contributed by atoms with Crippen LogP contribution in [0.1, 0.15) is 5.69 Å². The molecule has 0 spiro atoms. The van der Waals surface area contributed by atoms with Crippen LogP contribution in [0.5, 0.6) is 0 Å². The smallest absolute Gasteiger partial charge is 0.124 e. The van der Waals surface area contributed by atoms with Gasteiger partial charge in [0.2, 0.25) is 0 Å². The van der Waals surface area contributed by atoms with E-state index in [-0.39, 0.29) is 5.82 Å². The second kappa shape index (κ2) is 4.08. The standard InChI is InChI=1S/C9H8BrFN4/c10-8-3-6(11)1-2-9(8)15-5-7(4-12)13-14-15/h1-3,5H,4,12H2. The molecule has 1 aromatic heterocycles. The predicted octanol–water partition coefficient (Wildman–Crippen LogP) is 1.63. The average Bonchev–Trinajstić information content (AvgIpc) is 2.66. The molecule has 15 heavy (non-hydrogen) atoms. The van der Waals surface area contributed by atoms with Crippen LogP contribution in [0.2, 0.25) is 0 Å². The SMILES string of the molecule is NCc1cn(-c2ccc(F)cc2Br)nn1. The van der Waals surface area contributed by atoms with Gasteiger partial charge in [0.1, 0.15) is 5.82 Å². The Balaban J connectivity index is 2.44. The van der Waals surface area contributed by atoms with Crippen molar-refractivity contribution < 1.29 is 4.39 Å². The molecule has 6 heteroatoms. The van der Waals surface area contributed by atoms with Gasteiger partial charge in [-0.1, -0.05) is 5.21 Å². The molecule has 0 bridgehead atoms. The Labute approximate surface area is 94.0 Å². The lowest BCUT2D eigenvalue weighted by atomic mass is 10.3. The summed E-state index contributed by atoms with van der Waals surface area (Å²) in [6.07, 6.45) is 1.71. The lowest BCUT2D eigenvalue weighted by Crippen LogP contribution is -1.97. The maximum Gasteiger partial charge on any atom is 0.124 e. The summed E-state index contributed by atoms with van der Waals surface area (Å²) in [7, 11) is 0. The van der Waals surface area contributed by atoms with Crippen LogP contribution in [0, 0.1) is 5.82 Å². The summed E-state index contributed by atoms with van der Waals surface area (Å²) in [5.41, 5.74) is 6.83. The van der Waals surface area contributed by atoms with Crippen molar-refractivity contribution in [3.05, 3.63) is 40.4 Å². The molecule has 4 nitrogen and oxygen atoms in total. The number of rotatable bonds is 2. The lowest BCUT2D eigenvalue weighted by Gasteiger charge is -2.02. The molecule has 0 amide bonds. The van der Waals surface area contributed by atoms with Gasteiger partial charge in [0.25, 0.3) is 0 Å². The van der Waals surface area contributed by atoms with Crippen molar-refractivity contribution in [2.45, 2.75) is 6.54 Å². The molecule has 2 aromatic rings. The maximum atomic E-state index is 12.8. The lowest BCUT2D eigenvalue weighted by molar-refractivity contribution is 0.625. The van der Waals surface area contributed by atoms with Crippen LogP contribution in [-0.2, 0) is 6.54 Å². The van der Waals surface area contributed by atoms with E-state index in [0.29, 0.717) is 16.7 Å². The molecule has 0 saturated heterocycles. The molecule has 2 N–H and O–H groups in total. The molecule has 78 valence electrons. The van der Waals surface area contributed by atoms with Crippen molar-refractivity contribution >= 4 is 15.9 Å². The first-order valence-corrected chi connectivity index (χ1v) is 5.06. The molecule has 0 saturated carbocycles. The fourth-order valence-corrected chi connectivity index (χ4v) is 1.71. The Morgan fingerprint density at radius 3 is 2.87 bits per heavy atom. The van der Waals surface area contributed by atoms with Gasteiger partial charge in [-0.05, 0) is 34.1 Å². The van der Waals surface area contributed by atoms with Gasteiger partial charge >= 0.3 is 0 Å². The van der Waals surface area contributed by atoms with Crippen LogP contribution in [0.4, 0.5) is 4.39 Å². The minimum Gasteiger partial charge on any atom is -0.325 e. The summed E-state index contributed by atoms with van der Waals surface area (Å²) >= 11 is 3.26. The van der Waals surface area contributed by atoms with Gasteiger partial charge in [-0.15, -0.1) is 5.10 Å². The molecule has 2 rings (SSSR count). The van der Waals surface area contributed by atoms with E-state index in [4.69, 9.17) is 5.73 Å². The Morgan fingerprint density at radius 1 is 1.47 bits per heavy atom. The Bertz CT molecular complexity index is 483. The molecule has 0 aliphatic heterocycles. The van der Waals surface area contributed by atoms with Crippen LogP contribution in [-0.4, -0.2) is 15.0 Å². The summed E-state index contributed by atoms with van der Waals surface area (Å²) in [6, 6.07) is 4.36. The zero-order chi connectivity index (χ0) is 10.8. The monoisotopic (exact) mass is 270 g/mol.